The molecule has 1 saturated heterocycles. The van der Waals surface area contributed by atoms with Crippen LogP contribution in [0.4, 0.5) is 0 Å². The van der Waals surface area contributed by atoms with Crippen LogP contribution in [0.2, 0.25) is 0 Å². The minimum absolute atomic E-state index is 0.135. The molecule has 0 radical (unpaired) electrons. The van der Waals surface area contributed by atoms with Crippen molar-refractivity contribution in [2.24, 2.45) is 0 Å². The maximum atomic E-state index is 12.8. The molecular weight excluding hydrogens is 342 g/mol. The van der Waals surface area contributed by atoms with Crippen molar-refractivity contribution < 1.29 is 19.2 Å². The molecule has 2 atom stereocenters. The number of benzene rings is 1. The SMILES string of the molecule is O=C(C[NH+]1CCn2cccc2[C@H]1c1ccc2c(c1)OCCO2)N1CCCC1. The summed E-state index contributed by atoms with van der Waals surface area (Å²) in [5.41, 5.74) is 2.45. The highest BCUT2D eigenvalue weighted by molar-refractivity contribution is 5.77. The highest BCUT2D eigenvalue weighted by atomic mass is 16.6. The van der Waals surface area contributed by atoms with Gasteiger partial charge in [-0.05, 0) is 43.2 Å². The number of quaternary nitrogens is 1. The molecule has 5 rings (SSSR count). The predicted octanol–water partition coefficient (Wildman–Crippen LogP) is 0.870. The molecular formula is C21H26N3O3+. The summed E-state index contributed by atoms with van der Waals surface area (Å²) in [6.07, 6.45) is 4.41. The third-order valence-corrected chi connectivity index (χ3v) is 5.98. The number of rotatable bonds is 3. The van der Waals surface area contributed by atoms with Crippen molar-refractivity contribution in [3.05, 3.63) is 47.8 Å². The molecule has 1 unspecified atom stereocenters. The summed E-state index contributed by atoms with van der Waals surface area (Å²) < 4.78 is 13.8. The molecule has 4 heterocycles. The average molecular weight is 368 g/mol. The molecule has 2 aromatic rings. The number of carbonyl (C=O) groups excluding carboxylic acids is 1. The molecule has 1 N–H and O–H groups in total. The van der Waals surface area contributed by atoms with Crippen LogP contribution in [0.5, 0.6) is 11.5 Å². The van der Waals surface area contributed by atoms with Gasteiger partial charge in [-0.1, -0.05) is 0 Å². The van der Waals surface area contributed by atoms with Crippen molar-refractivity contribution in [3.8, 4) is 11.5 Å². The van der Waals surface area contributed by atoms with Crippen LogP contribution in [0.1, 0.15) is 30.1 Å². The minimum Gasteiger partial charge on any atom is -0.486 e. The summed E-state index contributed by atoms with van der Waals surface area (Å²) in [6, 6.07) is 10.7. The van der Waals surface area contributed by atoms with Crippen molar-refractivity contribution in [2.45, 2.75) is 25.4 Å². The van der Waals surface area contributed by atoms with Gasteiger partial charge in [0.2, 0.25) is 0 Å². The molecule has 1 aromatic carbocycles. The van der Waals surface area contributed by atoms with Gasteiger partial charge in [-0.2, -0.15) is 0 Å². The Morgan fingerprint density at radius 2 is 1.89 bits per heavy atom. The van der Waals surface area contributed by atoms with Gasteiger partial charge in [-0.3, -0.25) is 4.79 Å². The number of hydrogen-bond donors (Lipinski definition) is 1. The lowest BCUT2D eigenvalue weighted by Crippen LogP contribution is -3.14. The van der Waals surface area contributed by atoms with Gasteiger partial charge in [-0.25, -0.2) is 0 Å². The van der Waals surface area contributed by atoms with E-state index in [9.17, 15) is 4.79 Å². The lowest BCUT2D eigenvalue weighted by atomic mass is 9.99. The second-order valence-corrected chi connectivity index (χ2v) is 7.64. The zero-order chi connectivity index (χ0) is 18.2. The maximum Gasteiger partial charge on any atom is 0.277 e. The summed E-state index contributed by atoms with van der Waals surface area (Å²) in [6.45, 7) is 5.45. The van der Waals surface area contributed by atoms with Crippen LogP contribution in [0.25, 0.3) is 0 Å². The smallest absolute Gasteiger partial charge is 0.277 e. The molecule has 142 valence electrons. The highest BCUT2D eigenvalue weighted by Crippen LogP contribution is 2.34. The standard InChI is InChI=1S/C21H25N3O3/c25-20(23-7-1-2-8-23)15-24-11-10-22-9-3-4-17(22)21(24)16-5-6-18-19(14-16)27-13-12-26-18/h3-6,9,14,21H,1-2,7-8,10-13,15H2/p+1/t21-/m1/s1. The van der Waals surface area contributed by atoms with Gasteiger partial charge in [0.1, 0.15) is 13.2 Å². The number of nitrogens with one attached hydrogen (secondary N) is 1. The first-order valence-electron chi connectivity index (χ1n) is 9.96. The fraction of sp³-hybridized carbons (Fsp3) is 0.476. The fourth-order valence-electron chi connectivity index (χ4n) is 4.62. The summed E-state index contributed by atoms with van der Waals surface area (Å²) in [5, 5.41) is 0. The normalized spacial score (nSPS) is 23.9. The second kappa shape index (κ2) is 6.93. The van der Waals surface area contributed by atoms with Crippen LogP contribution in [0.15, 0.2) is 36.5 Å². The number of amides is 1. The van der Waals surface area contributed by atoms with E-state index in [1.807, 2.05) is 11.0 Å². The summed E-state index contributed by atoms with van der Waals surface area (Å²) >= 11 is 0. The summed E-state index contributed by atoms with van der Waals surface area (Å²) in [4.78, 5) is 16.2. The van der Waals surface area contributed by atoms with E-state index < -0.39 is 0 Å². The second-order valence-electron chi connectivity index (χ2n) is 7.64. The number of ether oxygens (including phenoxy) is 2. The van der Waals surface area contributed by atoms with E-state index in [0.29, 0.717) is 19.8 Å². The number of nitrogens with zero attached hydrogens (tertiary/aromatic N) is 2. The molecule has 1 aromatic heterocycles. The largest absolute Gasteiger partial charge is 0.486 e. The molecule has 6 nitrogen and oxygen atoms in total. The molecule has 0 bridgehead atoms. The molecule has 0 saturated carbocycles. The van der Waals surface area contributed by atoms with Gasteiger partial charge < -0.3 is 23.8 Å². The first-order valence-corrected chi connectivity index (χ1v) is 9.96. The van der Waals surface area contributed by atoms with E-state index >= 15 is 0 Å². The Hall–Kier alpha value is -2.47. The number of hydrogen-bond acceptors (Lipinski definition) is 3. The van der Waals surface area contributed by atoms with Crippen LogP contribution in [-0.4, -0.2) is 54.8 Å². The number of carbonyl (C=O) groups is 1. The van der Waals surface area contributed by atoms with Crippen LogP contribution < -0.4 is 14.4 Å². The molecule has 0 spiro atoms. The molecule has 6 heteroatoms. The Bertz CT molecular complexity index is 841. The first-order chi connectivity index (χ1) is 13.3. The van der Waals surface area contributed by atoms with E-state index in [1.165, 1.54) is 16.2 Å². The van der Waals surface area contributed by atoms with Crippen molar-refractivity contribution >= 4 is 5.91 Å². The molecule has 0 aliphatic carbocycles. The third kappa shape index (κ3) is 3.08. The van der Waals surface area contributed by atoms with Crippen LogP contribution >= 0.6 is 0 Å². The van der Waals surface area contributed by atoms with Gasteiger partial charge >= 0.3 is 0 Å². The lowest BCUT2D eigenvalue weighted by molar-refractivity contribution is -0.922. The topological polar surface area (TPSA) is 48.1 Å². The van der Waals surface area contributed by atoms with Gasteiger partial charge in [0.05, 0.1) is 18.8 Å². The molecule has 3 aliphatic heterocycles. The van der Waals surface area contributed by atoms with E-state index in [4.69, 9.17) is 9.47 Å². The van der Waals surface area contributed by atoms with Gasteiger partial charge in [-0.15, -0.1) is 0 Å². The van der Waals surface area contributed by atoms with E-state index in [-0.39, 0.29) is 11.9 Å². The lowest BCUT2D eigenvalue weighted by Gasteiger charge is -2.35. The van der Waals surface area contributed by atoms with E-state index in [2.05, 4.69) is 35.0 Å². The number of likely N-dealkylation sites (tertiary alicyclic amines) is 1. The zero-order valence-electron chi connectivity index (χ0n) is 15.5. The minimum atomic E-state index is 0.135. The Kier molecular flexibility index (Phi) is 4.28. The average Bonchev–Trinajstić information content (AvgIpc) is 3.39. The monoisotopic (exact) mass is 368 g/mol. The zero-order valence-corrected chi connectivity index (χ0v) is 15.5. The van der Waals surface area contributed by atoms with Crippen molar-refractivity contribution in [2.75, 3.05) is 39.4 Å². The highest BCUT2D eigenvalue weighted by Gasteiger charge is 2.35. The molecule has 3 aliphatic rings. The van der Waals surface area contributed by atoms with E-state index in [1.54, 1.807) is 0 Å². The van der Waals surface area contributed by atoms with E-state index in [0.717, 1.165) is 50.5 Å². The van der Waals surface area contributed by atoms with Crippen LogP contribution in [-0.2, 0) is 11.3 Å². The Morgan fingerprint density at radius 1 is 1.07 bits per heavy atom. The van der Waals surface area contributed by atoms with Crippen molar-refractivity contribution in [1.82, 2.24) is 9.47 Å². The molecule has 1 fully saturated rings. The Balaban J connectivity index is 1.47. The maximum absolute atomic E-state index is 12.8. The Labute approximate surface area is 159 Å². The fourth-order valence-corrected chi connectivity index (χ4v) is 4.62. The van der Waals surface area contributed by atoms with Gasteiger partial charge in [0, 0.05) is 24.8 Å². The third-order valence-electron chi connectivity index (χ3n) is 5.98. The molecule has 27 heavy (non-hydrogen) atoms. The van der Waals surface area contributed by atoms with Crippen molar-refractivity contribution in [3.63, 3.8) is 0 Å². The van der Waals surface area contributed by atoms with Crippen molar-refractivity contribution in [1.29, 1.82) is 0 Å². The van der Waals surface area contributed by atoms with Gasteiger partial charge in [0.15, 0.2) is 24.1 Å². The summed E-state index contributed by atoms with van der Waals surface area (Å²) in [5.74, 6) is 1.91. The first kappa shape index (κ1) is 16.7. The van der Waals surface area contributed by atoms with Crippen LogP contribution in [0, 0.1) is 0 Å². The molecule has 1 amide bonds. The Morgan fingerprint density at radius 3 is 2.74 bits per heavy atom. The summed E-state index contributed by atoms with van der Waals surface area (Å²) in [7, 11) is 0. The number of fused-ring (bicyclic) bond motifs is 2. The predicted molar refractivity (Wildman–Crippen MR) is 100 cm³/mol. The van der Waals surface area contributed by atoms with Crippen LogP contribution in [0.3, 0.4) is 0 Å². The van der Waals surface area contributed by atoms with Gasteiger partial charge in [0.25, 0.3) is 5.91 Å². The quantitative estimate of drug-likeness (QED) is 0.875. The number of aromatic nitrogens is 1.